The third kappa shape index (κ3) is 2.31. The van der Waals surface area contributed by atoms with Crippen LogP contribution in [-0.4, -0.2) is 44.6 Å². The molecule has 0 bridgehead atoms. The molecule has 0 unspecified atom stereocenters. The van der Waals surface area contributed by atoms with Gasteiger partial charge in [0.25, 0.3) is 0 Å². The summed E-state index contributed by atoms with van der Waals surface area (Å²) in [6.45, 7) is 12.8. The molecule has 2 atom stereocenters. The minimum atomic E-state index is -2.03. The summed E-state index contributed by atoms with van der Waals surface area (Å²) < 4.78 is 10.6. The molecule has 2 rings (SSSR count). The average Bonchev–Trinajstić information content (AvgIpc) is 2.68. The van der Waals surface area contributed by atoms with Crippen molar-refractivity contribution in [2.24, 2.45) is 0 Å². The average molecular weight is 338 g/mol. The van der Waals surface area contributed by atoms with Crippen molar-refractivity contribution in [1.82, 2.24) is 0 Å². The minimum absolute atomic E-state index is 0.0321. The minimum Gasteiger partial charge on any atom is -0.452 e. The van der Waals surface area contributed by atoms with E-state index in [-0.39, 0.29) is 11.1 Å². The van der Waals surface area contributed by atoms with Gasteiger partial charge in [-0.25, -0.2) is 9.59 Å². The largest absolute Gasteiger partial charge is 0.452 e. The molecule has 0 fully saturated rings. The topological polar surface area (TPSA) is 93.1 Å². The Morgan fingerprint density at radius 1 is 0.750 bits per heavy atom. The van der Waals surface area contributed by atoms with Crippen molar-refractivity contribution in [2.75, 3.05) is 0 Å². The van der Waals surface area contributed by atoms with Crippen molar-refractivity contribution in [1.29, 1.82) is 0 Å². The number of ether oxygens (including phenoxy) is 2. The second-order valence-electron chi connectivity index (χ2n) is 7.94. The van der Waals surface area contributed by atoms with Crippen molar-refractivity contribution in [2.45, 2.75) is 77.8 Å². The highest BCUT2D eigenvalue weighted by atomic mass is 16.6. The fourth-order valence-electron chi connectivity index (χ4n) is 3.24. The standard InChI is InChI=1S/C18H26O6/c1-9-11(13(19)23-15(9,3)4)17(7,21)18(8,22)12-10(2)16(5,6)24-14(12)20/h21-22H,1-8H3/t17-,18-/m1/s1. The Hall–Kier alpha value is -1.66. The predicted octanol–water partition coefficient (Wildman–Crippen LogP) is 1.79. The number of hydrogen-bond donors (Lipinski definition) is 2. The van der Waals surface area contributed by atoms with Gasteiger partial charge in [0.05, 0.1) is 11.1 Å². The van der Waals surface area contributed by atoms with Crippen LogP contribution in [0.25, 0.3) is 0 Å². The summed E-state index contributed by atoms with van der Waals surface area (Å²) in [6, 6.07) is 0. The van der Waals surface area contributed by atoms with Gasteiger partial charge in [-0.1, -0.05) is 0 Å². The lowest BCUT2D eigenvalue weighted by Gasteiger charge is -2.39. The molecule has 2 N–H and O–H groups in total. The van der Waals surface area contributed by atoms with Crippen molar-refractivity contribution < 1.29 is 29.3 Å². The zero-order chi connectivity index (χ0) is 18.9. The SMILES string of the molecule is CC1=C([C@@](C)(O)[C@](C)(O)C2=C(C)C(C)(C)OC2=O)C(=O)OC1(C)C. The molecule has 2 aliphatic rings. The van der Waals surface area contributed by atoms with Gasteiger partial charge in [0.15, 0.2) is 0 Å². The van der Waals surface area contributed by atoms with E-state index in [1.54, 1.807) is 41.5 Å². The number of carbonyl (C=O) groups is 2. The third-order valence-electron chi connectivity index (χ3n) is 5.58. The number of esters is 2. The maximum Gasteiger partial charge on any atom is 0.338 e. The van der Waals surface area contributed by atoms with Crippen molar-refractivity contribution in [3.8, 4) is 0 Å². The van der Waals surface area contributed by atoms with E-state index in [1.807, 2.05) is 0 Å². The highest BCUT2D eigenvalue weighted by Gasteiger charge is 2.59. The number of hydrogen-bond acceptors (Lipinski definition) is 6. The summed E-state index contributed by atoms with van der Waals surface area (Å²) in [6.07, 6.45) is 0. The van der Waals surface area contributed by atoms with E-state index in [4.69, 9.17) is 9.47 Å². The first-order chi connectivity index (χ1) is 10.6. The first-order valence-corrected chi connectivity index (χ1v) is 7.92. The van der Waals surface area contributed by atoms with E-state index in [2.05, 4.69) is 0 Å². The molecule has 0 aliphatic carbocycles. The normalized spacial score (nSPS) is 27.8. The van der Waals surface area contributed by atoms with Crippen molar-refractivity contribution in [3.05, 3.63) is 22.3 Å². The molecule has 24 heavy (non-hydrogen) atoms. The Bertz CT molecular complexity index is 628. The molecule has 0 aromatic heterocycles. The first kappa shape index (κ1) is 18.7. The highest BCUT2D eigenvalue weighted by molar-refractivity contribution is 5.99. The molecule has 0 aromatic rings. The van der Waals surface area contributed by atoms with Crippen LogP contribution in [0.5, 0.6) is 0 Å². The zero-order valence-corrected chi connectivity index (χ0v) is 15.5. The van der Waals surface area contributed by atoms with Crippen molar-refractivity contribution >= 4 is 11.9 Å². The molecular weight excluding hydrogens is 312 g/mol. The molecule has 6 nitrogen and oxygen atoms in total. The van der Waals surface area contributed by atoms with Gasteiger partial charge in [0.1, 0.15) is 22.4 Å². The maximum atomic E-state index is 12.3. The molecule has 0 saturated carbocycles. The Morgan fingerprint density at radius 3 is 1.17 bits per heavy atom. The van der Waals surface area contributed by atoms with E-state index in [1.165, 1.54) is 13.8 Å². The van der Waals surface area contributed by atoms with Gasteiger partial charge in [-0.2, -0.15) is 0 Å². The molecule has 0 radical (unpaired) electrons. The van der Waals surface area contributed by atoms with Gasteiger partial charge in [0.2, 0.25) is 0 Å². The molecule has 0 amide bonds. The van der Waals surface area contributed by atoms with Gasteiger partial charge >= 0.3 is 11.9 Å². The van der Waals surface area contributed by atoms with Crippen LogP contribution in [0.15, 0.2) is 22.3 Å². The molecule has 134 valence electrons. The van der Waals surface area contributed by atoms with Crippen LogP contribution >= 0.6 is 0 Å². The zero-order valence-electron chi connectivity index (χ0n) is 15.5. The number of rotatable bonds is 3. The van der Waals surface area contributed by atoms with Crippen LogP contribution in [-0.2, 0) is 19.1 Å². The summed E-state index contributed by atoms with van der Waals surface area (Å²) in [4.78, 5) is 24.6. The Labute approximate surface area is 142 Å². The van der Waals surface area contributed by atoms with Gasteiger partial charge in [-0.3, -0.25) is 0 Å². The summed E-state index contributed by atoms with van der Waals surface area (Å²) >= 11 is 0. The van der Waals surface area contributed by atoms with Gasteiger partial charge in [-0.15, -0.1) is 0 Å². The molecule has 6 heteroatoms. The Kier molecular flexibility index (Phi) is 3.83. The highest BCUT2D eigenvalue weighted by Crippen LogP contribution is 2.47. The van der Waals surface area contributed by atoms with Crippen LogP contribution in [0.3, 0.4) is 0 Å². The van der Waals surface area contributed by atoms with Crippen LogP contribution in [0.2, 0.25) is 0 Å². The monoisotopic (exact) mass is 338 g/mol. The number of carbonyl (C=O) groups excluding carboxylic acids is 2. The molecule has 2 heterocycles. The van der Waals surface area contributed by atoms with Gasteiger partial charge < -0.3 is 19.7 Å². The Balaban J connectivity index is 2.65. The number of aliphatic hydroxyl groups is 2. The lowest BCUT2D eigenvalue weighted by molar-refractivity contribution is -0.155. The second-order valence-corrected chi connectivity index (χ2v) is 7.94. The summed E-state index contributed by atoms with van der Waals surface area (Å²) in [5.41, 5.74) is -4.86. The summed E-state index contributed by atoms with van der Waals surface area (Å²) in [5, 5.41) is 22.3. The van der Waals surface area contributed by atoms with Gasteiger partial charge in [-0.05, 0) is 66.5 Å². The van der Waals surface area contributed by atoms with E-state index in [0.717, 1.165) is 0 Å². The second kappa shape index (κ2) is 4.92. The summed E-state index contributed by atoms with van der Waals surface area (Å²) in [7, 11) is 0. The predicted molar refractivity (Wildman–Crippen MR) is 87.0 cm³/mol. The smallest absolute Gasteiger partial charge is 0.338 e. The first-order valence-electron chi connectivity index (χ1n) is 7.92. The van der Waals surface area contributed by atoms with E-state index >= 15 is 0 Å². The van der Waals surface area contributed by atoms with Crippen LogP contribution in [0.4, 0.5) is 0 Å². The lowest BCUT2D eigenvalue weighted by atomic mass is 9.71. The molecule has 0 aromatic carbocycles. The third-order valence-corrected chi connectivity index (χ3v) is 5.58. The maximum absolute atomic E-state index is 12.3. The van der Waals surface area contributed by atoms with E-state index < -0.39 is 34.3 Å². The molecule has 2 aliphatic heterocycles. The Morgan fingerprint density at radius 2 is 1.00 bits per heavy atom. The van der Waals surface area contributed by atoms with E-state index in [0.29, 0.717) is 11.1 Å². The van der Waals surface area contributed by atoms with Crippen LogP contribution in [0, 0.1) is 0 Å². The van der Waals surface area contributed by atoms with Crippen LogP contribution in [0.1, 0.15) is 55.4 Å². The fraction of sp³-hybridized carbons (Fsp3) is 0.667. The fourth-order valence-corrected chi connectivity index (χ4v) is 3.24. The van der Waals surface area contributed by atoms with Crippen LogP contribution < -0.4 is 0 Å². The van der Waals surface area contributed by atoms with Gasteiger partial charge in [0, 0.05) is 0 Å². The number of cyclic esters (lactones) is 2. The lowest BCUT2D eigenvalue weighted by Crippen LogP contribution is -2.55. The molecule has 0 spiro atoms. The van der Waals surface area contributed by atoms with Crippen molar-refractivity contribution in [3.63, 3.8) is 0 Å². The molecule has 0 saturated heterocycles. The molecular formula is C18H26O6. The quantitative estimate of drug-likeness (QED) is 0.762. The van der Waals surface area contributed by atoms with E-state index in [9.17, 15) is 19.8 Å². The summed E-state index contributed by atoms with van der Waals surface area (Å²) in [5.74, 6) is -1.40.